The first-order chi connectivity index (χ1) is 6.14. The predicted octanol–water partition coefficient (Wildman–Crippen LogP) is 3.04. The molecule has 0 aliphatic heterocycles. The van der Waals surface area contributed by atoms with E-state index in [4.69, 9.17) is 9.26 Å². The Morgan fingerprint density at radius 1 is 1.15 bits per heavy atom. The normalized spacial score (nSPS) is 12.2. The highest BCUT2D eigenvalue weighted by Crippen LogP contribution is 2.33. The molecule has 0 aromatic heterocycles. The summed E-state index contributed by atoms with van der Waals surface area (Å²) in [5, 5.41) is -0.199. The number of para-hydroxylation sites is 1. The SMILES string of the molecule is COC(C)(C)POc1ccccc1. The molecule has 0 spiro atoms. The largest absolute Gasteiger partial charge is 0.474 e. The van der Waals surface area contributed by atoms with Crippen molar-refractivity contribution in [2.75, 3.05) is 7.11 Å². The fraction of sp³-hybridized carbons (Fsp3) is 0.400. The second-order valence-electron chi connectivity index (χ2n) is 3.23. The van der Waals surface area contributed by atoms with E-state index in [0.29, 0.717) is 8.81 Å². The van der Waals surface area contributed by atoms with Crippen LogP contribution >= 0.6 is 8.81 Å². The van der Waals surface area contributed by atoms with Gasteiger partial charge in [0, 0.05) is 7.11 Å². The van der Waals surface area contributed by atoms with Crippen molar-refractivity contribution in [2.24, 2.45) is 0 Å². The molecule has 2 nitrogen and oxygen atoms in total. The minimum atomic E-state index is -0.199. The maximum atomic E-state index is 5.56. The van der Waals surface area contributed by atoms with E-state index >= 15 is 0 Å². The summed E-state index contributed by atoms with van der Waals surface area (Å²) >= 11 is 0. The van der Waals surface area contributed by atoms with Crippen LogP contribution in [0.4, 0.5) is 0 Å². The van der Waals surface area contributed by atoms with Crippen molar-refractivity contribution in [3.63, 3.8) is 0 Å². The maximum Gasteiger partial charge on any atom is 0.123 e. The summed E-state index contributed by atoms with van der Waals surface area (Å²) in [6, 6.07) is 9.77. The van der Waals surface area contributed by atoms with Crippen LogP contribution in [0.3, 0.4) is 0 Å². The summed E-state index contributed by atoms with van der Waals surface area (Å²) in [6.07, 6.45) is 0. The fourth-order valence-corrected chi connectivity index (χ4v) is 1.30. The summed E-state index contributed by atoms with van der Waals surface area (Å²) in [5.74, 6) is 0.894. The van der Waals surface area contributed by atoms with Gasteiger partial charge in [-0.3, -0.25) is 0 Å². The molecule has 1 rings (SSSR count). The van der Waals surface area contributed by atoms with Gasteiger partial charge in [-0.05, 0) is 26.0 Å². The van der Waals surface area contributed by atoms with Crippen LogP contribution in [0.25, 0.3) is 0 Å². The predicted molar refractivity (Wildman–Crippen MR) is 56.5 cm³/mol. The molecule has 0 saturated heterocycles. The van der Waals surface area contributed by atoms with Gasteiger partial charge in [-0.25, -0.2) is 0 Å². The lowest BCUT2D eigenvalue weighted by Gasteiger charge is -2.22. The molecule has 72 valence electrons. The van der Waals surface area contributed by atoms with Gasteiger partial charge in [-0.15, -0.1) is 0 Å². The third-order valence-electron chi connectivity index (χ3n) is 1.67. The molecular formula is C10H15O2P. The van der Waals surface area contributed by atoms with Crippen molar-refractivity contribution in [1.29, 1.82) is 0 Å². The number of rotatable bonds is 4. The third-order valence-corrected chi connectivity index (χ3v) is 2.70. The molecule has 0 radical (unpaired) electrons. The Kier molecular flexibility index (Phi) is 3.71. The molecule has 0 fully saturated rings. The van der Waals surface area contributed by atoms with Gasteiger partial charge in [-0.1, -0.05) is 18.2 Å². The van der Waals surface area contributed by atoms with Crippen LogP contribution in [-0.2, 0) is 4.74 Å². The zero-order valence-corrected chi connectivity index (χ0v) is 9.20. The number of hydrogen-bond acceptors (Lipinski definition) is 2. The van der Waals surface area contributed by atoms with Crippen molar-refractivity contribution in [1.82, 2.24) is 0 Å². The van der Waals surface area contributed by atoms with Crippen molar-refractivity contribution < 1.29 is 9.26 Å². The lowest BCUT2D eigenvalue weighted by atomic mass is 10.3. The van der Waals surface area contributed by atoms with E-state index in [1.165, 1.54) is 0 Å². The minimum Gasteiger partial charge on any atom is -0.474 e. The van der Waals surface area contributed by atoms with Gasteiger partial charge in [0.2, 0.25) is 0 Å². The Labute approximate surface area is 81.1 Å². The lowest BCUT2D eigenvalue weighted by molar-refractivity contribution is 0.0949. The molecule has 0 amide bonds. The summed E-state index contributed by atoms with van der Waals surface area (Å²) in [6.45, 7) is 4.02. The van der Waals surface area contributed by atoms with E-state index in [-0.39, 0.29) is 5.34 Å². The standard InChI is InChI=1S/C10H15O2P/c1-10(2,11-3)13-12-9-7-5-4-6-8-9/h4-8,13H,1-3H3. The quantitative estimate of drug-likeness (QED) is 0.692. The third kappa shape index (κ3) is 3.75. The van der Waals surface area contributed by atoms with Crippen LogP contribution in [0.5, 0.6) is 5.75 Å². The van der Waals surface area contributed by atoms with Gasteiger partial charge >= 0.3 is 0 Å². The Morgan fingerprint density at radius 3 is 2.31 bits per heavy atom. The summed E-state index contributed by atoms with van der Waals surface area (Å²) in [5.41, 5.74) is 0. The molecule has 0 bridgehead atoms. The Morgan fingerprint density at radius 2 is 1.77 bits per heavy atom. The summed E-state index contributed by atoms with van der Waals surface area (Å²) in [7, 11) is 2.01. The van der Waals surface area contributed by atoms with Crippen molar-refractivity contribution in [3.8, 4) is 5.75 Å². The van der Waals surface area contributed by atoms with Crippen molar-refractivity contribution >= 4 is 8.81 Å². The second-order valence-corrected chi connectivity index (χ2v) is 4.84. The first kappa shape index (κ1) is 10.5. The summed E-state index contributed by atoms with van der Waals surface area (Å²) < 4.78 is 10.8. The highest BCUT2D eigenvalue weighted by molar-refractivity contribution is 7.34. The maximum absolute atomic E-state index is 5.56. The smallest absolute Gasteiger partial charge is 0.123 e. The van der Waals surface area contributed by atoms with Crippen LogP contribution in [0.1, 0.15) is 13.8 Å². The molecule has 0 saturated carbocycles. The molecule has 0 N–H and O–H groups in total. The molecule has 0 aliphatic carbocycles. The Balaban J connectivity index is 2.44. The molecule has 0 aliphatic rings. The zero-order valence-electron chi connectivity index (χ0n) is 8.20. The number of ether oxygens (including phenoxy) is 1. The molecule has 1 aromatic carbocycles. The van der Waals surface area contributed by atoms with Crippen LogP contribution in [0.15, 0.2) is 30.3 Å². The number of benzene rings is 1. The minimum absolute atomic E-state index is 0.199. The first-order valence-electron chi connectivity index (χ1n) is 4.18. The lowest BCUT2D eigenvalue weighted by Crippen LogP contribution is -2.16. The van der Waals surface area contributed by atoms with Crippen LogP contribution in [0, 0.1) is 0 Å². The molecule has 1 aromatic rings. The average molecular weight is 198 g/mol. The van der Waals surface area contributed by atoms with E-state index in [1.54, 1.807) is 7.11 Å². The average Bonchev–Trinajstić information content (AvgIpc) is 2.17. The molecule has 13 heavy (non-hydrogen) atoms. The van der Waals surface area contributed by atoms with E-state index in [9.17, 15) is 0 Å². The molecule has 3 heteroatoms. The highest BCUT2D eigenvalue weighted by Gasteiger charge is 2.17. The van der Waals surface area contributed by atoms with Gasteiger partial charge < -0.3 is 9.26 Å². The molecule has 1 atom stereocenters. The highest BCUT2D eigenvalue weighted by atomic mass is 31.1. The van der Waals surface area contributed by atoms with Gasteiger partial charge in [0.15, 0.2) is 0 Å². The van der Waals surface area contributed by atoms with Crippen LogP contribution in [0.2, 0.25) is 0 Å². The zero-order chi connectivity index (χ0) is 9.73. The fourth-order valence-electron chi connectivity index (χ4n) is 0.712. The Bertz CT molecular complexity index is 246. The van der Waals surface area contributed by atoms with E-state index in [1.807, 2.05) is 44.2 Å². The van der Waals surface area contributed by atoms with Gasteiger partial charge in [0.05, 0.1) is 0 Å². The van der Waals surface area contributed by atoms with Gasteiger partial charge in [0.1, 0.15) is 19.9 Å². The summed E-state index contributed by atoms with van der Waals surface area (Å²) in [4.78, 5) is 0. The monoisotopic (exact) mass is 198 g/mol. The number of methoxy groups -OCH3 is 1. The Hall–Kier alpha value is -0.590. The molecule has 1 unspecified atom stereocenters. The van der Waals surface area contributed by atoms with Gasteiger partial charge in [-0.2, -0.15) is 0 Å². The number of hydrogen-bond donors (Lipinski definition) is 0. The van der Waals surface area contributed by atoms with Crippen LogP contribution in [-0.4, -0.2) is 12.5 Å². The topological polar surface area (TPSA) is 18.5 Å². The molecular weight excluding hydrogens is 183 g/mol. The van der Waals surface area contributed by atoms with E-state index in [0.717, 1.165) is 5.75 Å². The van der Waals surface area contributed by atoms with Gasteiger partial charge in [0.25, 0.3) is 0 Å². The van der Waals surface area contributed by atoms with Crippen molar-refractivity contribution in [2.45, 2.75) is 19.2 Å². The van der Waals surface area contributed by atoms with E-state index < -0.39 is 0 Å². The first-order valence-corrected chi connectivity index (χ1v) is 5.09. The van der Waals surface area contributed by atoms with E-state index in [2.05, 4.69) is 0 Å². The van der Waals surface area contributed by atoms with Crippen LogP contribution < -0.4 is 4.52 Å². The second kappa shape index (κ2) is 4.59. The van der Waals surface area contributed by atoms with Crippen molar-refractivity contribution in [3.05, 3.63) is 30.3 Å². The molecule has 0 heterocycles.